The van der Waals surface area contributed by atoms with Gasteiger partial charge in [0.05, 0.1) is 27.8 Å². The summed E-state index contributed by atoms with van der Waals surface area (Å²) in [5, 5.41) is 8.99. The van der Waals surface area contributed by atoms with E-state index in [4.69, 9.17) is 22.4 Å². The lowest BCUT2D eigenvalue weighted by Crippen LogP contribution is -2.27. The third-order valence-electron chi connectivity index (χ3n) is 4.83. The summed E-state index contributed by atoms with van der Waals surface area (Å²) in [6.07, 6.45) is 2.21. The number of hydrogen-bond acceptors (Lipinski definition) is 5. The van der Waals surface area contributed by atoms with Crippen molar-refractivity contribution in [1.29, 1.82) is 0 Å². The molecule has 1 saturated carbocycles. The highest BCUT2D eigenvalue weighted by atomic mass is 35.5. The molecule has 2 heterocycles. The summed E-state index contributed by atoms with van der Waals surface area (Å²) in [5.74, 6) is -0.994. The van der Waals surface area contributed by atoms with E-state index in [2.05, 4.69) is 4.74 Å². The van der Waals surface area contributed by atoms with Gasteiger partial charge in [-0.15, -0.1) is 0 Å². The number of fused-ring (bicyclic) bond motifs is 1. The number of hydrogen-bond donors (Lipinski definition) is 2. The molecule has 1 aromatic carbocycles. The number of nitrogens with zero attached hydrogens (tertiary/aromatic N) is 2. The second kappa shape index (κ2) is 6.14. The van der Waals surface area contributed by atoms with Crippen LogP contribution in [0.25, 0.3) is 10.9 Å². The van der Waals surface area contributed by atoms with Crippen molar-refractivity contribution in [2.45, 2.75) is 31.3 Å². The van der Waals surface area contributed by atoms with Gasteiger partial charge in [-0.1, -0.05) is 11.6 Å². The van der Waals surface area contributed by atoms with Crippen LogP contribution in [0.4, 0.5) is 14.9 Å². The molecule has 2 aromatic rings. The van der Waals surface area contributed by atoms with Crippen LogP contribution in [0.5, 0.6) is 5.75 Å². The number of carbonyl (C=O) groups is 1. The van der Waals surface area contributed by atoms with E-state index in [0.29, 0.717) is 18.6 Å². The van der Waals surface area contributed by atoms with Gasteiger partial charge in [-0.3, -0.25) is 4.79 Å². The van der Waals surface area contributed by atoms with E-state index < -0.39 is 17.4 Å². The fourth-order valence-corrected chi connectivity index (χ4v) is 3.90. The Morgan fingerprint density at radius 3 is 2.69 bits per heavy atom. The van der Waals surface area contributed by atoms with Crippen molar-refractivity contribution in [3.63, 3.8) is 0 Å². The highest BCUT2D eigenvalue weighted by Gasteiger charge is 2.31. The van der Waals surface area contributed by atoms with Gasteiger partial charge in [0.2, 0.25) is 5.43 Å². The minimum absolute atomic E-state index is 0.00500. The molecule has 2 aliphatic rings. The number of pyridine rings is 1. The molecule has 1 aromatic heterocycles. The predicted molar refractivity (Wildman–Crippen MR) is 94.9 cm³/mol. The number of rotatable bonds is 3. The second-order valence-electron chi connectivity index (χ2n) is 6.74. The molecule has 1 aliphatic heterocycles. The molecule has 0 amide bonds. The fraction of sp³-hybridized carbons (Fsp3) is 0.412. The zero-order chi connectivity index (χ0) is 18.6. The zero-order valence-electron chi connectivity index (χ0n) is 13.7. The van der Waals surface area contributed by atoms with Gasteiger partial charge < -0.3 is 25.0 Å². The molecule has 0 radical (unpaired) electrons. The smallest absolute Gasteiger partial charge is 0.449 e. The number of benzene rings is 1. The van der Waals surface area contributed by atoms with Crippen LogP contribution in [0.1, 0.15) is 25.3 Å². The van der Waals surface area contributed by atoms with Gasteiger partial charge in [0.15, 0.2) is 5.75 Å². The van der Waals surface area contributed by atoms with Crippen LogP contribution >= 0.6 is 11.6 Å². The third kappa shape index (κ3) is 2.79. The highest BCUT2D eigenvalue weighted by molar-refractivity contribution is 6.38. The molecule has 0 spiro atoms. The van der Waals surface area contributed by atoms with Crippen molar-refractivity contribution < 1.29 is 19.0 Å². The molecule has 3 N–H and O–H groups in total. The van der Waals surface area contributed by atoms with Crippen LogP contribution in [0.15, 0.2) is 17.1 Å². The number of ether oxygens (including phenoxy) is 1. The van der Waals surface area contributed by atoms with Crippen LogP contribution in [0.3, 0.4) is 0 Å². The number of carboxylic acid groups (broad SMARTS) is 1. The van der Waals surface area contributed by atoms with E-state index in [1.165, 1.54) is 6.20 Å². The molecule has 2 fully saturated rings. The fourth-order valence-electron chi connectivity index (χ4n) is 3.49. The average molecular weight is 382 g/mol. The summed E-state index contributed by atoms with van der Waals surface area (Å²) in [5.41, 5.74) is 5.84. The maximum atomic E-state index is 14.8. The first-order valence-corrected chi connectivity index (χ1v) is 8.72. The van der Waals surface area contributed by atoms with Gasteiger partial charge in [0.25, 0.3) is 0 Å². The second-order valence-corrected chi connectivity index (χ2v) is 7.12. The van der Waals surface area contributed by atoms with Crippen molar-refractivity contribution in [2.75, 3.05) is 18.0 Å². The Morgan fingerprint density at radius 2 is 2.12 bits per heavy atom. The first-order valence-electron chi connectivity index (χ1n) is 8.35. The lowest BCUT2D eigenvalue weighted by molar-refractivity contribution is 0.143. The lowest BCUT2D eigenvalue weighted by Gasteiger charge is -2.23. The molecule has 7 nitrogen and oxygen atoms in total. The number of halogens is 2. The van der Waals surface area contributed by atoms with E-state index in [1.807, 2.05) is 0 Å². The Kier molecular flexibility index (Phi) is 4.04. The zero-order valence-corrected chi connectivity index (χ0v) is 14.5. The van der Waals surface area contributed by atoms with Crippen LogP contribution < -0.4 is 20.8 Å². The average Bonchev–Trinajstić information content (AvgIpc) is 3.32. The molecular weight excluding hydrogens is 365 g/mol. The summed E-state index contributed by atoms with van der Waals surface area (Å²) < 4.78 is 21.1. The normalized spacial score (nSPS) is 20.0. The molecule has 4 rings (SSSR count). The van der Waals surface area contributed by atoms with Crippen molar-refractivity contribution >= 4 is 34.3 Å². The summed E-state index contributed by atoms with van der Waals surface area (Å²) in [6, 6.07) is 1.13. The first kappa shape index (κ1) is 17.1. The van der Waals surface area contributed by atoms with Gasteiger partial charge in [0.1, 0.15) is 5.82 Å². The van der Waals surface area contributed by atoms with Gasteiger partial charge in [-0.2, -0.15) is 0 Å². The molecule has 0 bridgehead atoms. The van der Waals surface area contributed by atoms with E-state index in [9.17, 15) is 14.0 Å². The lowest BCUT2D eigenvalue weighted by atomic mass is 10.1. The number of aromatic nitrogens is 1. The standard InChI is InChI=1S/C17H17ClFN3O4/c18-13-14-10(5-11(19)15(13)21-4-3-8(20)6-21)16(23)12(26-17(24)25)7-22(14)9-1-2-9/h5,7-9H,1-4,6,20H2,(H,24,25)/t8-/m1/s1. The molecule has 0 unspecified atom stereocenters. The minimum atomic E-state index is -1.60. The number of anilines is 1. The topological polar surface area (TPSA) is 97.8 Å². The maximum Gasteiger partial charge on any atom is 0.511 e. The first-order chi connectivity index (χ1) is 12.4. The number of nitrogens with two attached hydrogens (primary N) is 1. The molecule has 9 heteroatoms. The van der Waals surface area contributed by atoms with E-state index >= 15 is 0 Å². The maximum absolute atomic E-state index is 14.8. The van der Waals surface area contributed by atoms with Gasteiger partial charge >= 0.3 is 6.16 Å². The molecule has 1 aliphatic carbocycles. The monoisotopic (exact) mass is 381 g/mol. The Bertz CT molecular complexity index is 973. The molecule has 1 atom stereocenters. The minimum Gasteiger partial charge on any atom is -0.449 e. The molecule has 1 saturated heterocycles. The van der Waals surface area contributed by atoms with Crippen molar-refractivity contribution in [1.82, 2.24) is 4.57 Å². The SMILES string of the molecule is N[C@@H]1CCN(c2c(F)cc3c(=O)c(OC(=O)O)cn(C4CC4)c3c2Cl)C1. The van der Waals surface area contributed by atoms with Gasteiger partial charge in [0, 0.05) is 25.2 Å². The quantitative estimate of drug-likeness (QED) is 0.793. The Morgan fingerprint density at radius 1 is 1.38 bits per heavy atom. The van der Waals surface area contributed by atoms with Crippen LogP contribution in [0, 0.1) is 5.82 Å². The van der Waals surface area contributed by atoms with Gasteiger partial charge in [-0.05, 0) is 25.3 Å². The van der Waals surface area contributed by atoms with Crippen molar-refractivity contribution in [3.05, 3.63) is 33.3 Å². The molecule has 138 valence electrons. The van der Waals surface area contributed by atoms with Crippen molar-refractivity contribution in [2.24, 2.45) is 5.73 Å². The Balaban J connectivity index is 1.97. The van der Waals surface area contributed by atoms with Crippen LogP contribution in [0.2, 0.25) is 5.02 Å². The van der Waals surface area contributed by atoms with E-state index in [1.54, 1.807) is 9.47 Å². The predicted octanol–water partition coefficient (Wildman–Crippen LogP) is 2.72. The third-order valence-corrected chi connectivity index (χ3v) is 5.19. The largest absolute Gasteiger partial charge is 0.511 e. The van der Waals surface area contributed by atoms with E-state index in [0.717, 1.165) is 25.3 Å². The summed E-state index contributed by atoms with van der Waals surface area (Å²) in [6.45, 7) is 1.06. The summed E-state index contributed by atoms with van der Waals surface area (Å²) >= 11 is 6.54. The van der Waals surface area contributed by atoms with Crippen LogP contribution in [-0.2, 0) is 0 Å². The molecule has 26 heavy (non-hydrogen) atoms. The summed E-state index contributed by atoms with van der Waals surface area (Å²) in [4.78, 5) is 25.2. The molecular formula is C17H17ClFN3O4. The Labute approximate surface area is 152 Å². The van der Waals surface area contributed by atoms with Gasteiger partial charge in [-0.25, -0.2) is 9.18 Å². The Hall–Kier alpha value is -2.32. The summed E-state index contributed by atoms with van der Waals surface area (Å²) in [7, 11) is 0. The van der Waals surface area contributed by atoms with E-state index in [-0.39, 0.29) is 33.9 Å². The highest BCUT2D eigenvalue weighted by Crippen LogP contribution is 2.43. The van der Waals surface area contributed by atoms with Crippen molar-refractivity contribution in [3.8, 4) is 5.75 Å². The van der Waals surface area contributed by atoms with Crippen LogP contribution in [-0.4, -0.2) is 35.0 Å².